The van der Waals surface area contributed by atoms with Crippen molar-refractivity contribution in [2.75, 3.05) is 40.8 Å². The van der Waals surface area contributed by atoms with Crippen molar-refractivity contribution in [1.82, 2.24) is 9.80 Å². The summed E-state index contributed by atoms with van der Waals surface area (Å²) in [5.41, 5.74) is 0. The zero-order valence-corrected chi connectivity index (χ0v) is 11.6. The number of esters is 1. The summed E-state index contributed by atoms with van der Waals surface area (Å²) in [5, 5.41) is 0. The van der Waals surface area contributed by atoms with E-state index >= 15 is 0 Å². The fourth-order valence-corrected chi connectivity index (χ4v) is 2.26. The molecular weight excluding hydrogens is 232 g/mol. The Morgan fingerprint density at radius 1 is 1.39 bits per heavy atom. The Kier molecular flexibility index (Phi) is 6.12. The molecule has 0 aromatic heterocycles. The minimum Gasteiger partial charge on any atom is -0.469 e. The van der Waals surface area contributed by atoms with Crippen LogP contribution in [0.15, 0.2) is 0 Å². The lowest BCUT2D eigenvalue weighted by atomic mass is 10.0. The van der Waals surface area contributed by atoms with Gasteiger partial charge in [-0.2, -0.15) is 0 Å². The molecule has 1 amide bonds. The standard InChI is InChI=1S/C13H24N2O3/c1-14-8-6-11(10-14)7-9-15(2)12(16)4-5-13(17)18-3/h11H,4-10H2,1-3H3. The molecule has 5 heteroatoms. The third-order valence-corrected chi connectivity index (χ3v) is 3.56. The van der Waals surface area contributed by atoms with Crippen LogP contribution in [-0.4, -0.2) is 62.5 Å². The van der Waals surface area contributed by atoms with E-state index in [-0.39, 0.29) is 24.7 Å². The van der Waals surface area contributed by atoms with Gasteiger partial charge in [-0.3, -0.25) is 9.59 Å². The van der Waals surface area contributed by atoms with Crippen molar-refractivity contribution < 1.29 is 14.3 Å². The first-order valence-electron chi connectivity index (χ1n) is 6.52. The van der Waals surface area contributed by atoms with E-state index in [4.69, 9.17) is 0 Å². The van der Waals surface area contributed by atoms with Crippen LogP contribution in [0.3, 0.4) is 0 Å². The molecule has 1 aliphatic heterocycles. The average molecular weight is 256 g/mol. The van der Waals surface area contributed by atoms with Crippen LogP contribution in [0, 0.1) is 5.92 Å². The molecule has 0 saturated carbocycles. The highest BCUT2D eigenvalue weighted by Gasteiger charge is 2.20. The predicted octanol–water partition coefficient (Wildman–Crippen LogP) is 0.740. The predicted molar refractivity (Wildman–Crippen MR) is 69.1 cm³/mol. The summed E-state index contributed by atoms with van der Waals surface area (Å²) in [6.45, 7) is 3.06. The quantitative estimate of drug-likeness (QED) is 0.658. The van der Waals surface area contributed by atoms with Gasteiger partial charge in [-0.1, -0.05) is 0 Å². The molecule has 0 aliphatic carbocycles. The molecular formula is C13H24N2O3. The number of hydrogen-bond acceptors (Lipinski definition) is 4. The van der Waals surface area contributed by atoms with Crippen LogP contribution < -0.4 is 0 Å². The molecule has 0 N–H and O–H groups in total. The van der Waals surface area contributed by atoms with Crippen molar-refractivity contribution in [2.45, 2.75) is 25.7 Å². The summed E-state index contributed by atoms with van der Waals surface area (Å²) in [7, 11) is 5.27. The van der Waals surface area contributed by atoms with E-state index in [1.54, 1.807) is 11.9 Å². The molecule has 1 atom stereocenters. The molecule has 0 bridgehead atoms. The SMILES string of the molecule is COC(=O)CCC(=O)N(C)CCC1CCN(C)C1. The van der Waals surface area contributed by atoms with Gasteiger partial charge in [-0.25, -0.2) is 0 Å². The first-order valence-corrected chi connectivity index (χ1v) is 6.52. The van der Waals surface area contributed by atoms with Crippen LogP contribution in [-0.2, 0) is 14.3 Å². The number of rotatable bonds is 6. The van der Waals surface area contributed by atoms with Gasteiger partial charge in [0.2, 0.25) is 5.91 Å². The van der Waals surface area contributed by atoms with E-state index in [0.717, 1.165) is 26.1 Å². The average Bonchev–Trinajstić information content (AvgIpc) is 2.78. The van der Waals surface area contributed by atoms with Crippen LogP contribution >= 0.6 is 0 Å². The van der Waals surface area contributed by atoms with Gasteiger partial charge in [0, 0.05) is 26.6 Å². The van der Waals surface area contributed by atoms with Gasteiger partial charge in [0.25, 0.3) is 0 Å². The summed E-state index contributed by atoms with van der Waals surface area (Å²) in [6, 6.07) is 0. The molecule has 1 unspecified atom stereocenters. The second-order valence-corrected chi connectivity index (χ2v) is 5.10. The largest absolute Gasteiger partial charge is 0.469 e. The van der Waals surface area contributed by atoms with Gasteiger partial charge in [-0.15, -0.1) is 0 Å². The number of nitrogens with zero attached hydrogens (tertiary/aromatic N) is 2. The summed E-state index contributed by atoms with van der Waals surface area (Å²) in [4.78, 5) is 26.7. The zero-order valence-electron chi connectivity index (χ0n) is 11.6. The van der Waals surface area contributed by atoms with Crippen LogP contribution in [0.1, 0.15) is 25.7 Å². The van der Waals surface area contributed by atoms with Gasteiger partial charge >= 0.3 is 5.97 Å². The number of hydrogen-bond donors (Lipinski definition) is 0. The molecule has 1 aliphatic rings. The van der Waals surface area contributed by atoms with E-state index in [9.17, 15) is 9.59 Å². The summed E-state index contributed by atoms with van der Waals surface area (Å²) < 4.78 is 4.52. The molecule has 0 radical (unpaired) electrons. The third kappa shape index (κ3) is 5.04. The van der Waals surface area contributed by atoms with Crippen molar-refractivity contribution in [3.05, 3.63) is 0 Å². The van der Waals surface area contributed by atoms with Crippen molar-refractivity contribution in [1.29, 1.82) is 0 Å². The zero-order chi connectivity index (χ0) is 13.5. The van der Waals surface area contributed by atoms with Crippen LogP contribution in [0.2, 0.25) is 0 Å². The highest BCUT2D eigenvalue weighted by Crippen LogP contribution is 2.18. The van der Waals surface area contributed by atoms with E-state index in [0.29, 0.717) is 5.92 Å². The molecule has 104 valence electrons. The van der Waals surface area contributed by atoms with Crippen molar-refractivity contribution in [3.63, 3.8) is 0 Å². The van der Waals surface area contributed by atoms with E-state index in [2.05, 4.69) is 16.7 Å². The second kappa shape index (κ2) is 7.36. The first kappa shape index (κ1) is 15.0. The fourth-order valence-electron chi connectivity index (χ4n) is 2.26. The normalized spacial score (nSPS) is 19.8. The fraction of sp³-hybridized carbons (Fsp3) is 0.846. The maximum atomic E-state index is 11.7. The second-order valence-electron chi connectivity index (χ2n) is 5.10. The smallest absolute Gasteiger partial charge is 0.306 e. The van der Waals surface area contributed by atoms with Crippen LogP contribution in [0.5, 0.6) is 0 Å². The maximum Gasteiger partial charge on any atom is 0.306 e. The number of ether oxygens (including phenoxy) is 1. The number of carbonyl (C=O) groups is 2. The first-order chi connectivity index (χ1) is 8.52. The monoisotopic (exact) mass is 256 g/mol. The highest BCUT2D eigenvalue weighted by molar-refractivity contribution is 5.81. The number of methoxy groups -OCH3 is 1. The summed E-state index contributed by atoms with van der Waals surface area (Å²) in [6.07, 6.45) is 2.69. The Labute approximate surface area is 109 Å². The molecule has 1 saturated heterocycles. The van der Waals surface area contributed by atoms with Gasteiger partial charge in [0.1, 0.15) is 0 Å². The Bertz CT molecular complexity index is 294. The Balaban J connectivity index is 2.17. The van der Waals surface area contributed by atoms with Gasteiger partial charge in [0.15, 0.2) is 0 Å². The van der Waals surface area contributed by atoms with Gasteiger partial charge in [0.05, 0.1) is 13.5 Å². The number of likely N-dealkylation sites (tertiary alicyclic amines) is 1. The number of amides is 1. The van der Waals surface area contributed by atoms with Gasteiger partial charge in [-0.05, 0) is 32.4 Å². The molecule has 0 aromatic carbocycles. The summed E-state index contributed by atoms with van der Waals surface area (Å²) >= 11 is 0. The third-order valence-electron chi connectivity index (χ3n) is 3.56. The van der Waals surface area contributed by atoms with Crippen molar-refractivity contribution in [3.8, 4) is 0 Å². The maximum absolute atomic E-state index is 11.7. The lowest BCUT2D eigenvalue weighted by Gasteiger charge is -2.19. The Morgan fingerprint density at radius 3 is 2.67 bits per heavy atom. The molecule has 5 nitrogen and oxygen atoms in total. The lowest BCUT2D eigenvalue weighted by molar-refractivity contribution is -0.143. The molecule has 0 spiro atoms. The molecule has 1 fully saturated rings. The highest BCUT2D eigenvalue weighted by atomic mass is 16.5. The molecule has 1 rings (SSSR count). The minimum absolute atomic E-state index is 0.0201. The van der Waals surface area contributed by atoms with Gasteiger partial charge < -0.3 is 14.5 Å². The molecule has 0 aromatic rings. The van der Waals surface area contributed by atoms with E-state index in [1.807, 2.05) is 0 Å². The Hall–Kier alpha value is -1.10. The Morgan fingerprint density at radius 2 is 2.11 bits per heavy atom. The van der Waals surface area contributed by atoms with E-state index < -0.39 is 0 Å². The number of carbonyl (C=O) groups excluding carboxylic acids is 2. The van der Waals surface area contributed by atoms with E-state index in [1.165, 1.54) is 13.5 Å². The van der Waals surface area contributed by atoms with Crippen LogP contribution in [0.4, 0.5) is 0 Å². The lowest BCUT2D eigenvalue weighted by Crippen LogP contribution is -2.29. The van der Waals surface area contributed by atoms with Crippen LogP contribution in [0.25, 0.3) is 0 Å². The molecule has 18 heavy (non-hydrogen) atoms. The van der Waals surface area contributed by atoms with Crippen molar-refractivity contribution >= 4 is 11.9 Å². The minimum atomic E-state index is -0.325. The topological polar surface area (TPSA) is 49.9 Å². The molecule has 1 heterocycles. The van der Waals surface area contributed by atoms with Crippen molar-refractivity contribution in [2.24, 2.45) is 5.92 Å². The summed E-state index contributed by atoms with van der Waals surface area (Å²) in [5.74, 6) is 0.395.